The minimum Gasteiger partial charge on any atom is -0.494 e. The zero-order chi connectivity index (χ0) is 35.1. The Labute approximate surface area is 304 Å². The van der Waals surface area contributed by atoms with Crippen molar-refractivity contribution in [1.82, 2.24) is 0 Å². The van der Waals surface area contributed by atoms with Crippen molar-refractivity contribution in [2.24, 2.45) is 0 Å². The van der Waals surface area contributed by atoms with Crippen molar-refractivity contribution in [3.8, 4) is 5.75 Å². The van der Waals surface area contributed by atoms with Crippen molar-refractivity contribution >= 4 is 17.9 Å². The molecule has 5 aromatic rings. The normalized spacial score (nSPS) is 23.9. The number of benzene rings is 5. The standard InChI is InChI=1S/C43H41ClO7/c1-2-46-37-21-18-31(19-22-37)24-35-25-36(20-23-38(35)44)43-41(49-28-34-16-10-5-11-17-34)39(47-26-32-12-6-3-7-13-32)40(42(29-45,51-43)30-50-43)48-27-33-14-8-4-9-15-33/h3-23,25,29,39-41H,2,24,26-28,30H2,1H3/t39-,40-,41+,42-,43-/m0/s1. The first-order chi connectivity index (χ1) is 25.0. The van der Waals surface area contributed by atoms with Crippen LogP contribution in [0.4, 0.5) is 0 Å². The molecule has 2 heterocycles. The van der Waals surface area contributed by atoms with Gasteiger partial charge in [-0.25, -0.2) is 0 Å². The lowest BCUT2D eigenvalue weighted by molar-refractivity contribution is -0.341. The van der Waals surface area contributed by atoms with Gasteiger partial charge in [-0.3, -0.25) is 4.79 Å². The first kappa shape index (κ1) is 35.1. The minimum absolute atomic E-state index is 0.0524. The van der Waals surface area contributed by atoms with Gasteiger partial charge in [-0.1, -0.05) is 121 Å². The van der Waals surface area contributed by atoms with Crippen molar-refractivity contribution in [3.05, 3.63) is 172 Å². The highest BCUT2D eigenvalue weighted by Crippen LogP contribution is 2.52. The number of aldehydes is 1. The van der Waals surface area contributed by atoms with Crippen molar-refractivity contribution < 1.29 is 33.2 Å². The van der Waals surface area contributed by atoms with Gasteiger partial charge in [0, 0.05) is 10.6 Å². The summed E-state index contributed by atoms with van der Waals surface area (Å²) in [5, 5.41) is 0.599. The van der Waals surface area contributed by atoms with Crippen LogP contribution < -0.4 is 4.74 Å². The summed E-state index contributed by atoms with van der Waals surface area (Å²) < 4.78 is 39.5. The fourth-order valence-electron chi connectivity index (χ4n) is 6.85. The van der Waals surface area contributed by atoms with Gasteiger partial charge in [-0.2, -0.15) is 0 Å². The number of hydrogen-bond acceptors (Lipinski definition) is 7. The number of halogens is 1. The topological polar surface area (TPSA) is 72.5 Å². The van der Waals surface area contributed by atoms with Gasteiger partial charge < -0.3 is 28.4 Å². The quantitative estimate of drug-likeness (QED) is 0.102. The average Bonchev–Trinajstić information content (AvgIpc) is 3.54. The Morgan fingerprint density at radius 3 is 1.84 bits per heavy atom. The third kappa shape index (κ3) is 7.65. The van der Waals surface area contributed by atoms with Gasteiger partial charge in [0.15, 0.2) is 11.9 Å². The molecule has 2 aliphatic heterocycles. The molecular formula is C43H41ClO7. The average molecular weight is 705 g/mol. The molecule has 7 rings (SSSR count). The van der Waals surface area contributed by atoms with Crippen LogP contribution in [0.15, 0.2) is 133 Å². The van der Waals surface area contributed by atoms with E-state index in [0.717, 1.165) is 39.9 Å². The van der Waals surface area contributed by atoms with Gasteiger partial charge in [-0.15, -0.1) is 0 Å². The van der Waals surface area contributed by atoms with E-state index < -0.39 is 29.7 Å². The van der Waals surface area contributed by atoms with E-state index in [1.165, 1.54) is 0 Å². The number of hydrogen-bond donors (Lipinski definition) is 0. The molecule has 0 radical (unpaired) electrons. The number of carbonyl (C=O) groups excluding carboxylic acids is 1. The minimum atomic E-state index is -1.51. The molecule has 2 aliphatic rings. The van der Waals surface area contributed by atoms with Crippen LogP contribution in [-0.4, -0.2) is 43.4 Å². The summed E-state index contributed by atoms with van der Waals surface area (Å²) in [7, 11) is 0. The second-order valence-electron chi connectivity index (χ2n) is 12.9. The lowest BCUT2D eigenvalue weighted by atomic mass is 9.83. The Hall–Kier alpha value is -4.34. The van der Waals surface area contributed by atoms with Crippen molar-refractivity contribution in [2.45, 2.75) is 62.9 Å². The molecule has 262 valence electrons. The monoisotopic (exact) mass is 704 g/mol. The molecule has 0 aliphatic carbocycles. The first-order valence-electron chi connectivity index (χ1n) is 17.3. The van der Waals surface area contributed by atoms with E-state index in [0.29, 0.717) is 23.6 Å². The zero-order valence-corrected chi connectivity index (χ0v) is 29.2. The number of rotatable bonds is 15. The Bertz CT molecular complexity index is 1870. The van der Waals surface area contributed by atoms with Crippen LogP contribution in [0, 0.1) is 0 Å². The summed E-state index contributed by atoms with van der Waals surface area (Å²) in [6, 6.07) is 43.3. The molecular weight excluding hydrogens is 664 g/mol. The van der Waals surface area contributed by atoms with Gasteiger partial charge in [0.05, 0.1) is 33.0 Å². The maximum Gasteiger partial charge on any atom is 0.226 e. The molecule has 5 atom stereocenters. The van der Waals surface area contributed by atoms with Crippen LogP contribution in [-0.2, 0) is 60.5 Å². The summed E-state index contributed by atoms with van der Waals surface area (Å²) in [6.07, 6.45) is -1.12. The fourth-order valence-corrected chi connectivity index (χ4v) is 7.03. The Balaban J connectivity index is 1.29. The highest BCUT2D eigenvalue weighted by atomic mass is 35.5. The van der Waals surface area contributed by atoms with E-state index in [1.807, 2.05) is 140 Å². The SMILES string of the molecule is CCOc1ccc(Cc2cc([C@]34OC[C@](C=O)(O3)[C@@H](OCc3ccccc3)[C@H](OCc3ccccc3)[C@H]4OCc3ccccc3)ccc2Cl)cc1. The second kappa shape index (κ2) is 15.9. The lowest BCUT2D eigenvalue weighted by Gasteiger charge is -2.49. The molecule has 0 spiro atoms. The van der Waals surface area contributed by atoms with Crippen LogP contribution in [0.3, 0.4) is 0 Å². The summed E-state index contributed by atoms with van der Waals surface area (Å²) in [5.74, 6) is -0.703. The molecule has 51 heavy (non-hydrogen) atoms. The molecule has 0 unspecified atom stereocenters. The molecule has 0 saturated carbocycles. The van der Waals surface area contributed by atoms with E-state index in [9.17, 15) is 4.79 Å². The number of ether oxygens (including phenoxy) is 6. The molecule has 5 aromatic carbocycles. The van der Waals surface area contributed by atoms with Crippen LogP contribution in [0.2, 0.25) is 5.02 Å². The van der Waals surface area contributed by atoms with Crippen molar-refractivity contribution in [2.75, 3.05) is 13.2 Å². The second-order valence-corrected chi connectivity index (χ2v) is 13.3. The maximum atomic E-state index is 13.3. The van der Waals surface area contributed by atoms with Crippen LogP contribution in [0.1, 0.15) is 40.3 Å². The van der Waals surface area contributed by atoms with Gasteiger partial charge >= 0.3 is 0 Å². The maximum absolute atomic E-state index is 13.3. The molecule has 7 nitrogen and oxygen atoms in total. The third-order valence-corrected chi connectivity index (χ3v) is 9.78. The highest BCUT2D eigenvalue weighted by molar-refractivity contribution is 6.31. The van der Waals surface area contributed by atoms with Crippen molar-refractivity contribution in [1.29, 1.82) is 0 Å². The Kier molecular flexibility index (Phi) is 10.9. The molecule has 0 N–H and O–H groups in total. The molecule has 8 heteroatoms. The number of carbonyl (C=O) groups is 1. The summed E-state index contributed by atoms with van der Waals surface area (Å²) >= 11 is 6.83. The van der Waals surface area contributed by atoms with Gasteiger partial charge in [0.2, 0.25) is 5.79 Å². The van der Waals surface area contributed by atoms with Gasteiger partial charge in [0.25, 0.3) is 0 Å². The summed E-state index contributed by atoms with van der Waals surface area (Å²) in [4.78, 5) is 13.3. The van der Waals surface area contributed by atoms with Crippen LogP contribution in [0.25, 0.3) is 0 Å². The van der Waals surface area contributed by atoms with Crippen molar-refractivity contribution in [3.63, 3.8) is 0 Å². The predicted molar refractivity (Wildman–Crippen MR) is 194 cm³/mol. The van der Waals surface area contributed by atoms with E-state index in [-0.39, 0.29) is 26.4 Å². The molecule has 0 amide bonds. The van der Waals surface area contributed by atoms with Crippen LogP contribution in [0.5, 0.6) is 5.75 Å². The summed E-state index contributed by atoms with van der Waals surface area (Å²) in [5.41, 5.74) is 4.02. The largest absolute Gasteiger partial charge is 0.494 e. The Morgan fingerprint density at radius 2 is 1.27 bits per heavy atom. The van der Waals surface area contributed by atoms with E-state index >= 15 is 0 Å². The van der Waals surface area contributed by atoms with E-state index in [2.05, 4.69) is 0 Å². The molecule has 2 bridgehead atoms. The number of fused-ring (bicyclic) bond motifs is 2. The van der Waals surface area contributed by atoms with E-state index in [4.69, 9.17) is 40.0 Å². The van der Waals surface area contributed by atoms with Gasteiger partial charge in [0.1, 0.15) is 24.1 Å². The first-order valence-corrected chi connectivity index (χ1v) is 17.7. The fraction of sp³-hybridized carbons (Fsp3) is 0.279. The van der Waals surface area contributed by atoms with E-state index in [1.54, 1.807) is 0 Å². The predicted octanol–water partition coefficient (Wildman–Crippen LogP) is 8.24. The van der Waals surface area contributed by atoms with Crippen LogP contribution >= 0.6 is 11.6 Å². The molecule has 2 fully saturated rings. The third-order valence-electron chi connectivity index (χ3n) is 9.41. The zero-order valence-electron chi connectivity index (χ0n) is 28.5. The Morgan fingerprint density at radius 1 is 0.706 bits per heavy atom. The summed E-state index contributed by atoms with van der Waals surface area (Å²) in [6.45, 7) is 3.25. The highest BCUT2D eigenvalue weighted by Gasteiger charge is 2.69. The lowest BCUT2D eigenvalue weighted by Crippen LogP contribution is -2.67. The van der Waals surface area contributed by atoms with Gasteiger partial charge in [-0.05, 0) is 65.4 Å². The smallest absolute Gasteiger partial charge is 0.226 e. The molecule has 2 saturated heterocycles. The molecule has 0 aromatic heterocycles.